The zero-order valence-corrected chi connectivity index (χ0v) is 16.9. The van der Waals surface area contributed by atoms with Gasteiger partial charge in [0.15, 0.2) is 0 Å². The molecule has 1 aliphatic heterocycles. The van der Waals surface area contributed by atoms with Crippen LogP contribution in [0.15, 0.2) is 56.7 Å². The fraction of sp³-hybridized carbons (Fsp3) is 0.368. The molecular formula is C19H21BrO4S. The minimum absolute atomic E-state index is 0.0311. The summed E-state index contributed by atoms with van der Waals surface area (Å²) in [6.07, 6.45) is 0.0604. The van der Waals surface area contributed by atoms with E-state index in [1.807, 2.05) is 12.1 Å². The van der Waals surface area contributed by atoms with Crippen LogP contribution in [0.2, 0.25) is 0 Å². The lowest BCUT2D eigenvalue weighted by molar-refractivity contribution is 0.258. The van der Waals surface area contributed by atoms with Gasteiger partial charge in [0.1, 0.15) is 23.4 Å². The fourth-order valence-corrected chi connectivity index (χ4v) is 4.35. The highest BCUT2D eigenvalue weighted by atomic mass is 79.9. The zero-order valence-electron chi connectivity index (χ0n) is 14.5. The summed E-state index contributed by atoms with van der Waals surface area (Å²) in [4.78, 5) is 0.414. The van der Waals surface area contributed by atoms with E-state index in [1.165, 1.54) is 0 Å². The summed E-state index contributed by atoms with van der Waals surface area (Å²) in [6.45, 7) is 7.30. The Kier molecular flexibility index (Phi) is 4.97. The van der Waals surface area contributed by atoms with Crippen molar-refractivity contribution in [1.82, 2.24) is 0 Å². The maximum absolute atomic E-state index is 13.1. The van der Waals surface area contributed by atoms with Crippen molar-refractivity contribution in [2.24, 2.45) is 0 Å². The van der Waals surface area contributed by atoms with E-state index >= 15 is 0 Å². The van der Waals surface area contributed by atoms with Crippen LogP contribution in [0.25, 0.3) is 0 Å². The number of rotatable bonds is 5. The van der Waals surface area contributed by atoms with Gasteiger partial charge in [-0.2, -0.15) is 0 Å². The first kappa shape index (κ1) is 18.4. The minimum atomic E-state index is -3.68. The maximum Gasteiger partial charge on any atom is 0.210 e. The van der Waals surface area contributed by atoms with Crippen LogP contribution in [0.3, 0.4) is 0 Å². The summed E-state index contributed by atoms with van der Waals surface area (Å²) < 4.78 is 37.7. The molecule has 2 aromatic rings. The first-order valence-electron chi connectivity index (χ1n) is 8.07. The van der Waals surface area contributed by atoms with Crippen molar-refractivity contribution in [3.8, 4) is 5.75 Å². The van der Waals surface area contributed by atoms with Crippen molar-refractivity contribution >= 4 is 25.8 Å². The van der Waals surface area contributed by atoms with Crippen LogP contribution in [-0.2, 0) is 20.0 Å². The van der Waals surface area contributed by atoms with E-state index in [2.05, 4.69) is 36.7 Å². The molecule has 1 saturated heterocycles. The zero-order chi connectivity index (χ0) is 18.2. The molecule has 134 valence electrons. The molecule has 0 saturated carbocycles. The van der Waals surface area contributed by atoms with Gasteiger partial charge in [0.25, 0.3) is 0 Å². The highest BCUT2D eigenvalue weighted by molar-refractivity contribution is 9.10. The van der Waals surface area contributed by atoms with Crippen LogP contribution in [0, 0.1) is 0 Å². The molecule has 0 radical (unpaired) electrons. The van der Waals surface area contributed by atoms with Gasteiger partial charge in [-0.15, -0.1) is 0 Å². The van der Waals surface area contributed by atoms with Crippen molar-refractivity contribution in [3.05, 3.63) is 52.5 Å². The lowest BCUT2D eigenvalue weighted by Crippen LogP contribution is -2.12. The van der Waals surface area contributed by atoms with Crippen LogP contribution in [-0.4, -0.2) is 27.7 Å². The van der Waals surface area contributed by atoms with E-state index in [-0.39, 0.29) is 21.3 Å². The third-order valence-corrected chi connectivity index (χ3v) is 6.34. The van der Waals surface area contributed by atoms with Crippen molar-refractivity contribution in [2.75, 3.05) is 13.2 Å². The number of epoxide rings is 1. The topological polar surface area (TPSA) is 55.9 Å². The van der Waals surface area contributed by atoms with Crippen LogP contribution in [0.4, 0.5) is 0 Å². The third kappa shape index (κ3) is 4.25. The largest absolute Gasteiger partial charge is 0.489 e. The number of halogens is 1. The van der Waals surface area contributed by atoms with Gasteiger partial charge in [-0.3, -0.25) is 0 Å². The van der Waals surface area contributed by atoms with Gasteiger partial charge in [0.05, 0.1) is 11.5 Å². The lowest BCUT2D eigenvalue weighted by Gasteiger charge is -2.19. The molecule has 0 amide bonds. The fourth-order valence-electron chi connectivity index (χ4n) is 2.42. The number of ether oxygens (including phenoxy) is 2. The molecule has 2 aromatic carbocycles. The molecule has 6 heteroatoms. The maximum atomic E-state index is 13.1. The first-order valence-corrected chi connectivity index (χ1v) is 10.3. The SMILES string of the molecule is CC(C)(C)c1ccc(S(=O)(=O)c2cc(Br)ccc2OCC2CO2)cc1. The second kappa shape index (κ2) is 6.74. The summed E-state index contributed by atoms with van der Waals surface area (Å²) in [5, 5.41) is 0. The molecule has 3 rings (SSSR count). The van der Waals surface area contributed by atoms with E-state index in [9.17, 15) is 8.42 Å². The Balaban J connectivity index is 1.97. The highest BCUT2D eigenvalue weighted by Gasteiger charge is 2.27. The third-order valence-electron chi connectivity index (χ3n) is 4.05. The van der Waals surface area contributed by atoms with Gasteiger partial charge in [0.2, 0.25) is 9.84 Å². The molecular weight excluding hydrogens is 404 g/mol. The van der Waals surface area contributed by atoms with E-state index in [0.717, 1.165) is 5.56 Å². The summed E-state index contributed by atoms with van der Waals surface area (Å²) in [7, 11) is -3.68. The van der Waals surface area contributed by atoms with Gasteiger partial charge < -0.3 is 9.47 Å². The van der Waals surface area contributed by atoms with Crippen molar-refractivity contribution in [2.45, 2.75) is 42.1 Å². The van der Waals surface area contributed by atoms with Gasteiger partial charge in [-0.1, -0.05) is 48.8 Å². The first-order chi connectivity index (χ1) is 11.7. The Morgan fingerprint density at radius 1 is 1.16 bits per heavy atom. The van der Waals surface area contributed by atoms with E-state index in [1.54, 1.807) is 30.3 Å². The number of hydrogen-bond donors (Lipinski definition) is 0. The Labute approximate surface area is 157 Å². The van der Waals surface area contributed by atoms with Crippen LogP contribution < -0.4 is 4.74 Å². The van der Waals surface area contributed by atoms with Crippen molar-refractivity contribution in [1.29, 1.82) is 0 Å². The van der Waals surface area contributed by atoms with Crippen LogP contribution in [0.1, 0.15) is 26.3 Å². The summed E-state index contributed by atoms with van der Waals surface area (Å²) in [5.41, 5.74) is 1.06. The monoisotopic (exact) mass is 424 g/mol. The molecule has 0 spiro atoms. The van der Waals surface area contributed by atoms with Gasteiger partial charge in [-0.05, 0) is 41.3 Å². The minimum Gasteiger partial charge on any atom is -0.489 e. The van der Waals surface area contributed by atoms with Crippen LogP contribution in [0.5, 0.6) is 5.75 Å². The number of benzene rings is 2. The average molecular weight is 425 g/mol. The predicted octanol–water partition coefficient (Wildman–Crippen LogP) is 4.36. The average Bonchev–Trinajstić information content (AvgIpc) is 3.37. The lowest BCUT2D eigenvalue weighted by atomic mass is 9.87. The quantitative estimate of drug-likeness (QED) is 0.669. The Hall–Kier alpha value is -1.37. The molecule has 0 aromatic heterocycles. The van der Waals surface area contributed by atoms with Gasteiger partial charge >= 0.3 is 0 Å². The molecule has 0 aliphatic carbocycles. The second-order valence-corrected chi connectivity index (χ2v) is 9.97. The van der Waals surface area contributed by atoms with E-state index in [4.69, 9.17) is 9.47 Å². The molecule has 4 nitrogen and oxygen atoms in total. The molecule has 1 heterocycles. The predicted molar refractivity (Wildman–Crippen MR) is 100.0 cm³/mol. The van der Waals surface area contributed by atoms with E-state index in [0.29, 0.717) is 23.4 Å². The normalized spacial score (nSPS) is 17.4. The molecule has 1 aliphatic rings. The summed E-state index contributed by atoms with van der Waals surface area (Å²) in [6, 6.07) is 12.1. The molecule has 25 heavy (non-hydrogen) atoms. The molecule has 1 unspecified atom stereocenters. The second-order valence-electron chi connectivity index (χ2n) is 7.14. The van der Waals surface area contributed by atoms with Crippen LogP contribution >= 0.6 is 15.9 Å². The smallest absolute Gasteiger partial charge is 0.210 e. The molecule has 0 bridgehead atoms. The molecule has 0 N–H and O–H groups in total. The highest BCUT2D eigenvalue weighted by Crippen LogP contribution is 2.33. The Morgan fingerprint density at radius 2 is 1.80 bits per heavy atom. The van der Waals surface area contributed by atoms with Gasteiger partial charge in [0, 0.05) is 4.47 Å². The van der Waals surface area contributed by atoms with Crippen molar-refractivity contribution in [3.63, 3.8) is 0 Å². The van der Waals surface area contributed by atoms with Gasteiger partial charge in [-0.25, -0.2) is 8.42 Å². The van der Waals surface area contributed by atoms with Crippen molar-refractivity contribution < 1.29 is 17.9 Å². The molecule has 1 fully saturated rings. The summed E-state index contributed by atoms with van der Waals surface area (Å²) >= 11 is 3.35. The van der Waals surface area contributed by atoms with E-state index < -0.39 is 9.84 Å². The Morgan fingerprint density at radius 3 is 2.36 bits per heavy atom. The summed E-state index contributed by atoms with van der Waals surface area (Å²) in [5.74, 6) is 0.346. The Bertz CT molecular complexity index is 863. The number of sulfone groups is 1. The standard InChI is InChI=1S/C19H21BrO4S/c1-19(2,3)13-4-7-16(8-5-13)25(21,22)18-10-14(20)6-9-17(18)24-12-15-11-23-15/h4-10,15H,11-12H2,1-3H3. The molecule has 1 atom stereocenters. The number of hydrogen-bond acceptors (Lipinski definition) is 4.